The monoisotopic (exact) mass is 307 g/mol. The van der Waals surface area contributed by atoms with E-state index >= 15 is 0 Å². The number of hydrogen-bond donors (Lipinski definition) is 4. The number of aromatic amines is 1. The number of H-pyrrole nitrogens is 1. The third-order valence-corrected chi connectivity index (χ3v) is 2.95. The summed E-state index contributed by atoms with van der Waals surface area (Å²) in [6.07, 6.45) is -0.248. The molecular weight excluding hydrogens is 297 g/mol. The summed E-state index contributed by atoms with van der Waals surface area (Å²) < 4.78 is 0. The largest absolute Gasteiger partial charge is 0.480 e. The van der Waals surface area contributed by atoms with Crippen LogP contribution in [0.1, 0.15) is 23.3 Å². The molecule has 0 spiro atoms. The molecule has 1 aromatic rings. The Hall–Kier alpha value is -1.73. The van der Waals surface area contributed by atoms with Crippen LogP contribution < -0.4 is 11.1 Å². The Kier molecular flexibility index (Phi) is 5.20. The van der Waals surface area contributed by atoms with Crippen LogP contribution in [0, 0.1) is 0 Å². The van der Waals surface area contributed by atoms with Crippen molar-refractivity contribution >= 4 is 41.0 Å². The van der Waals surface area contributed by atoms with Crippen LogP contribution in [-0.4, -0.2) is 33.9 Å². The first-order valence-electron chi connectivity index (χ1n) is 5.17. The van der Waals surface area contributed by atoms with Crippen LogP contribution in [-0.2, 0) is 9.59 Å². The average Bonchev–Trinajstić information content (AvgIpc) is 2.64. The number of nitrogens with one attached hydrogen (secondary N) is 2. The molecule has 0 bridgehead atoms. The molecule has 0 aliphatic heterocycles. The van der Waals surface area contributed by atoms with Gasteiger partial charge in [0.15, 0.2) is 0 Å². The molecule has 0 aliphatic rings. The summed E-state index contributed by atoms with van der Waals surface area (Å²) >= 11 is 11.3. The molecule has 1 aromatic heterocycles. The maximum absolute atomic E-state index is 11.7. The minimum Gasteiger partial charge on any atom is -0.480 e. The zero-order chi connectivity index (χ0) is 14.6. The Morgan fingerprint density at radius 1 is 1.42 bits per heavy atom. The summed E-state index contributed by atoms with van der Waals surface area (Å²) in [6.45, 7) is 0. The van der Waals surface area contributed by atoms with Crippen LogP contribution in [0.25, 0.3) is 0 Å². The zero-order valence-electron chi connectivity index (χ0n) is 9.57. The van der Waals surface area contributed by atoms with E-state index in [1.165, 1.54) is 6.07 Å². The number of carbonyl (C=O) groups is 3. The van der Waals surface area contributed by atoms with Gasteiger partial charge in [0, 0.05) is 6.42 Å². The van der Waals surface area contributed by atoms with Gasteiger partial charge in [-0.05, 0) is 12.5 Å². The summed E-state index contributed by atoms with van der Waals surface area (Å²) in [5.74, 6) is -2.60. The number of amides is 2. The van der Waals surface area contributed by atoms with Gasteiger partial charge < -0.3 is 21.1 Å². The molecule has 19 heavy (non-hydrogen) atoms. The second-order valence-corrected chi connectivity index (χ2v) is 4.50. The van der Waals surface area contributed by atoms with E-state index in [4.69, 9.17) is 34.0 Å². The highest BCUT2D eigenvalue weighted by atomic mass is 35.5. The molecule has 1 atom stereocenters. The predicted octanol–water partition coefficient (Wildman–Crippen LogP) is 0.770. The van der Waals surface area contributed by atoms with Crippen LogP contribution in [0.15, 0.2) is 6.07 Å². The molecule has 9 heteroatoms. The van der Waals surface area contributed by atoms with E-state index in [2.05, 4.69) is 10.3 Å². The van der Waals surface area contributed by atoms with Crippen molar-refractivity contribution in [1.29, 1.82) is 0 Å². The third-order valence-electron chi connectivity index (χ3n) is 2.25. The van der Waals surface area contributed by atoms with Crippen LogP contribution in [0.5, 0.6) is 0 Å². The van der Waals surface area contributed by atoms with Crippen LogP contribution in [0.3, 0.4) is 0 Å². The standard InChI is InChI=1S/C10H11Cl2N3O4/c11-4-3-6(14-8(4)12)9(17)15-5(10(18)19)1-2-7(13)16/h3,5,14H,1-2H2,(H2,13,16)(H,15,17)(H,18,19). The molecule has 5 N–H and O–H groups in total. The molecule has 0 aliphatic carbocycles. The Bertz CT molecular complexity index is 495. The maximum Gasteiger partial charge on any atom is 0.326 e. The molecule has 104 valence electrons. The summed E-state index contributed by atoms with van der Waals surface area (Å²) in [5, 5.41) is 11.4. The van der Waals surface area contributed by atoms with Gasteiger partial charge >= 0.3 is 5.97 Å². The molecule has 1 unspecified atom stereocenters. The zero-order valence-corrected chi connectivity index (χ0v) is 11.1. The van der Waals surface area contributed by atoms with Gasteiger partial charge in [-0.2, -0.15) is 0 Å². The van der Waals surface area contributed by atoms with Gasteiger partial charge in [0.25, 0.3) is 5.91 Å². The molecule has 0 saturated carbocycles. The van der Waals surface area contributed by atoms with Crippen molar-refractivity contribution in [3.05, 3.63) is 21.9 Å². The van der Waals surface area contributed by atoms with E-state index in [-0.39, 0.29) is 28.7 Å². The molecule has 0 saturated heterocycles. The number of nitrogens with two attached hydrogens (primary N) is 1. The van der Waals surface area contributed by atoms with Gasteiger partial charge in [-0.1, -0.05) is 23.2 Å². The van der Waals surface area contributed by atoms with Crippen molar-refractivity contribution in [3.63, 3.8) is 0 Å². The lowest BCUT2D eigenvalue weighted by molar-refractivity contribution is -0.139. The lowest BCUT2D eigenvalue weighted by Crippen LogP contribution is -2.41. The van der Waals surface area contributed by atoms with E-state index in [9.17, 15) is 14.4 Å². The maximum atomic E-state index is 11.7. The Labute approximate surface area is 118 Å². The second-order valence-electron chi connectivity index (χ2n) is 3.71. The lowest BCUT2D eigenvalue weighted by atomic mass is 10.1. The predicted molar refractivity (Wildman–Crippen MR) is 68.1 cm³/mol. The Morgan fingerprint density at radius 2 is 2.05 bits per heavy atom. The van der Waals surface area contributed by atoms with Crippen molar-refractivity contribution in [3.8, 4) is 0 Å². The fraction of sp³-hybridized carbons (Fsp3) is 0.300. The molecule has 1 rings (SSSR count). The molecule has 2 amide bonds. The topological polar surface area (TPSA) is 125 Å². The van der Waals surface area contributed by atoms with Crippen LogP contribution >= 0.6 is 23.2 Å². The fourth-order valence-electron chi connectivity index (χ4n) is 1.31. The van der Waals surface area contributed by atoms with Gasteiger partial charge in [-0.3, -0.25) is 9.59 Å². The van der Waals surface area contributed by atoms with Crippen molar-refractivity contribution in [2.75, 3.05) is 0 Å². The number of halogens is 2. The van der Waals surface area contributed by atoms with E-state index in [1.807, 2.05) is 0 Å². The Morgan fingerprint density at radius 3 is 2.47 bits per heavy atom. The van der Waals surface area contributed by atoms with Gasteiger partial charge in [0.05, 0.1) is 5.02 Å². The van der Waals surface area contributed by atoms with Crippen LogP contribution in [0.4, 0.5) is 0 Å². The first-order valence-corrected chi connectivity index (χ1v) is 5.93. The number of hydrogen-bond acceptors (Lipinski definition) is 3. The molecule has 7 nitrogen and oxygen atoms in total. The highest BCUT2D eigenvalue weighted by Gasteiger charge is 2.22. The minimum atomic E-state index is -1.27. The molecule has 0 radical (unpaired) electrons. The van der Waals surface area contributed by atoms with Gasteiger partial charge in [0.1, 0.15) is 16.9 Å². The van der Waals surface area contributed by atoms with E-state index in [1.54, 1.807) is 0 Å². The average molecular weight is 308 g/mol. The quantitative estimate of drug-likeness (QED) is 0.619. The SMILES string of the molecule is NC(=O)CCC(NC(=O)c1cc(Cl)c(Cl)[nH]1)C(=O)O. The van der Waals surface area contributed by atoms with Gasteiger partial charge in [0.2, 0.25) is 5.91 Å². The van der Waals surface area contributed by atoms with Gasteiger partial charge in [-0.25, -0.2) is 4.79 Å². The second kappa shape index (κ2) is 6.44. The summed E-state index contributed by atoms with van der Waals surface area (Å²) in [4.78, 5) is 35.7. The number of carboxylic acid groups (broad SMARTS) is 1. The highest BCUT2D eigenvalue weighted by Crippen LogP contribution is 2.21. The summed E-state index contributed by atoms with van der Waals surface area (Å²) in [7, 11) is 0. The summed E-state index contributed by atoms with van der Waals surface area (Å²) in [5.41, 5.74) is 4.95. The number of primary amides is 1. The normalized spacial score (nSPS) is 11.9. The Balaban J connectivity index is 2.71. The highest BCUT2D eigenvalue weighted by molar-refractivity contribution is 6.41. The van der Waals surface area contributed by atoms with Crippen molar-refractivity contribution in [2.24, 2.45) is 5.73 Å². The first kappa shape index (κ1) is 15.3. The fourth-order valence-corrected chi connectivity index (χ4v) is 1.62. The molecular formula is C10H11Cl2N3O4. The minimum absolute atomic E-state index is 0.0281. The number of aliphatic carboxylic acids is 1. The summed E-state index contributed by atoms with van der Waals surface area (Å²) in [6, 6.07) is 0.0486. The third kappa shape index (κ3) is 4.46. The number of carboxylic acids is 1. The van der Waals surface area contributed by atoms with Crippen LogP contribution in [0.2, 0.25) is 10.2 Å². The lowest BCUT2D eigenvalue weighted by Gasteiger charge is -2.12. The number of carbonyl (C=O) groups excluding carboxylic acids is 2. The molecule has 0 aromatic carbocycles. The van der Waals surface area contributed by atoms with Crippen molar-refractivity contribution in [2.45, 2.75) is 18.9 Å². The number of rotatable bonds is 6. The molecule has 0 fully saturated rings. The van der Waals surface area contributed by atoms with Crippen molar-refractivity contribution < 1.29 is 19.5 Å². The smallest absolute Gasteiger partial charge is 0.326 e. The molecule has 1 heterocycles. The first-order chi connectivity index (χ1) is 8.81. The number of aromatic nitrogens is 1. The van der Waals surface area contributed by atoms with Crippen molar-refractivity contribution in [1.82, 2.24) is 10.3 Å². The van der Waals surface area contributed by atoms with E-state index in [0.717, 1.165) is 0 Å². The van der Waals surface area contributed by atoms with E-state index < -0.39 is 23.8 Å². The van der Waals surface area contributed by atoms with E-state index in [0.29, 0.717) is 0 Å². The van der Waals surface area contributed by atoms with Gasteiger partial charge in [-0.15, -0.1) is 0 Å².